The predicted molar refractivity (Wildman–Crippen MR) is 80.7 cm³/mol. The summed E-state index contributed by atoms with van der Waals surface area (Å²) in [4.78, 5) is 26.2. The first-order valence-corrected chi connectivity index (χ1v) is 8.28. The van der Waals surface area contributed by atoms with Gasteiger partial charge in [0.1, 0.15) is 6.04 Å². The van der Waals surface area contributed by atoms with E-state index >= 15 is 0 Å². The molecule has 0 aromatic heterocycles. The number of amides is 1. The minimum absolute atomic E-state index is 0.00773. The van der Waals surface area contributed by atoms with E-state index in [2.05, 4.69) is 6.92 Å². The van der Waals surface area contributed by atoms with Crippen LogP contribution in [0.25, 0.3) is 0 Å². The summed E-state index contributed by atoms with van der Waals surface area (Å²) >= 11 is 0. The number of rotatable bonds is 4. The number of hydrogen-bond donors (Lipinski definition) is 2. The average Bonchev–Trinajstić information content (AvgIpc) is 2.54. The second-order valence-corrected chi connectivity index (χ2v) is 6.70. The van der Waals surface area contributed by atoms with Gasteiger partial charge in [0.25, 0.3) is 0 Å². The molecule has 0 bridgehead atoms. The summed E-state index contributed by atoms with van der Waals surface area (Å²) < 4.78 is 0. The summed E-state index contributed by atoms with van der Waals surface area (Å²) in [5, 5.41) is 9.50. The normalized spacial score (nSPS) is 29.1. The van der Waals surface area contributed by atoms with Gasteiger partial charge in [-0.15, -0.1) is 0 Å². The van der Waals surface area contributed by atoms with Gasteiger partial charge in [-0.1, -0.05) is 32.6 Å². The van der Waals surface area contributed by atoms with Gasteiger partial charge in [-0.05, 0) is 31.6 Å². The minimum atomic E-state index is -0.871. The molecular weight excluding hydrogens is 268 g/mol. The first kappa shape index (κ1) is 16.3. The standard InChI is InChI=1S/C16H28N2O3/c1-2-12-6-9-18(13(10-12)14(19)20)15(21)16(11-17)7-4-3-5-8-16/h12-13H,2-11,17H2,1H3,(H,19,20). The Morgan fingerprint density at radius 1 is 1.29 bits per heavy atom. The number of carbonyl (C=O) groups excluding carboxylic acids is 1. The zero-order valence-electron chi connectivity index (χ0n) is 13.0. The molecule has 0 radical (unpaired) electrons. The zero-order valence-corrected chi connectivity index (χ0v) is 13.0. The summed E-state index contributed by atoms with van der Waals surface area (Å²) in [5.41, 5.74) is 5.42. The first-order valence-electron chi connectivity index (χ1n) is 8.28. The Labute approximate surface area is 126 Å². The molecule has 1 amide bonds. The molecule has 2 fully saturated rings. The van der Waals surface area contributed by atoms with Gasteiger partial charge in [-0.3, -0.25) is 4.79 Å². The molecular formula is C16H28N2O3. The van der Waals surface area contributed by atoms with Crippen LogP contribution < -0.4 is 5.73 Å². The van der Waals surface area contributed by atoms with Crippen LogP contribution >= 0.6 is 0 Å². The highest BCUT2D eigenvalue weighted by Crippen LogP contribution is 2.39. The summed E-state index contributed by atoms with van der Waals surface area (Å²) in [6, 6.07) is -0.665. The molecule has 1 heterocycles. The number of carboxylic acids is 1. The van der Waals surface area contributed by atoms with Crippen molar-refractivity contribution in [1.82, 2.24) is 4.90 Å². The number of piperidine rings is 1. The van der Waals surface area contributed by atoms with Crippen molar-refractivity contribution in [2.75, 3.05) is 13.1 Å². The Hall–Kier alpha value is -1.10. The van der Waals surface area contributed by atoms with Crippen molar-refractivity contribution < 1.29 is 14.7 Å². The van der Waals surface area contributed by atoms with E-state index in [-0.39, 0.29) is 5.91 Å². The number of aliphatic carboxylic acids is 1. The monoisotopic (exact) mass is 296 g/mol. The molecule has 5 nitrogen and oxygen atoms in total. The lowest BCUT2D eigenvalue weighted by Crippen LogP contribution is -2.57. The first-order chi connectivity index (χ1) is 10.0. The van der Waals surface area contributed by atoms with Crippen molar-refractivity contribution in [1.29, 1.82) is 0 Å². The Balaban J connectivity index is 2.17. The fraction of sp³-hybridized carbons (Fsp3) is 0.875. The van der Waals surface area contributed by atoms with Crippen molar-refractivity contribution in [3.8, 4) is 0 Å². The van der Waals surface area contributed by atoms with Crippen LogP contribution in [-0.2, 0) is 9.59 Å². The van der Waals surface area contributed by atoms with Crippen molar-refractivity contribution in [3.63, 3.8) is 0 Å². The highest BCUT2D eigenvalue weighted by atomic mass is 16.4. The maximum atomic E-state index is 13.0. The van der Waals surface area contributed by atoms with Crippen LogP contribution in [0.15, 0.2) is 0 Å². The second-order valence-electron chi connectivity index (χ2n) is 6.70. The fourth-order valence-corrected chi connectivity index (χ4v) is 3.92. The fourth-order valence-electron chi connectivity index (χ4n) is 3.92. The molecule has 0 spiro atoms. The Kier molecular flexibility index (Phi) is 5.25. The average molecular weight is 296 g/mol. The van der Waals surface area contributed by atoms with Gasteiger partial charge in [0.05, 0.1) is 5.41 Å². The number of carbonyl (C=O) groups is 2. The molecule has 2 atom stereocenters. The van der Waals surface area contributed by atoms with Gasteiger partial charge in [0.15, 0.2) is 0 Å². The maximum Gasteiger partial charge on any atom is 0.326 e. The maximum absolute atomic E-state index is 13.0. The highest BCUT2D eigenvalue weighted by Gasteiger charge is 2.45. The SMILES string of the molecule is CCC1CCN(C(=O)C2(CN)CCCCC2)C(C(=O)O)C1. The van der Waals surface area contributed by atoms with E-state index in [0.717, 1.165) is 44.9 Å². The van der Waals surface area contributed by atoms with Gasteiger partial charge in [-0.2, -0.15) is 0 Å². The third-order valence-corrected chi connectivity index (χ3v) is 5.49. The van der Waals surface area contributed by atoms with Crippen LogP contribution in [-0.4, -0.2) is 41.0 Å². The largest absolute Gasteiger partial charge is 0.480 e. The van der Waals surface area contributed by atoms with Crippen LogP contribution in [0.1, 0.15) is 58.3 Å². The molecule has 1 aliphatic carbocycles. The molecule has 2 aliphatic rings. The second kappa shape index (κ2) is 6.77. The molecule has 3 N–H and O–H groups in total. The van der Waals surface area contributed by atoms with E-state index in [4.69, 9.17) is 5.73 Å². The van der Waals surface area contributed by atoms with E-state index in [1.165, 1.54) is 0 Å². The zero-order chi connectivity index (χ0) is 15.5. The molecule has 1 saturated heterocycles. The van der Waals surface area contributed by atoms with Gasteiger partial charge < -0.3 is 15.7 Å². The Morgan fingerprint density at radius 2 is 1.95 bits per heavy atom. The summed E-state index contributed by atoms with van der Waals surface area (Å²) in [6.45, 7) is 2.99. The van der Waals surface area contributed by atoms with Crippen molar-refractivity contribution >= 4 is 11.9 Å². The van der Waals surface area contributed by atoms with Crippen LogP contribution in [0.5, 0.6) is 0 Å². The topological polar surface area (TPSA) is 83.6 Å². The number of carboxylic acid groups (broad SMARTS) is 1. The number of likely N-dealkylation sites (tertiary alicyclic amines) is 1. The van der Waals surface area contributed by atoms with E-state index < -0.39 is 17.4 Å². The smallest absolute Gasteiger partial charge is 0.326 e. The van der Waals surface area contributed by atoms with Crippen molar-refractivity contribution in [2.24, 2.45) is 17.1 Å². The third-order valence-electron chi connectivity index (χ3n) is 5.49. The van der Waals surface area contributed by atoms with Crippen LogP contribution in [0.4, 0.5) is 0 Å². The Morgan fingerprint density at radius 3 is 2.48 bits per heavy atom. The van der Waals surface area contributed by atoms with E-state index in [1.54, 1.807) is 4.90 Å². The highest BCUT2D eigenvalue weighted by molar-refractivity contribution is 5.88. The number of nitrogens with zero attached hydrogens (tertiary/aromatic N) is 1. The molecule has 0 aromatic rings. The molecule has 1 saturated carbocycles. The number of hydrogen-bond acceptors (Lipinski definition) is 3. The molecule has 1 aliphatic heterocycles. The molecule has 120 valence electrons. The molecule has 2 unspecified atom stereocenters. The van der Waals surface area contributed by atoms with Gasteiger partial charge in [-0.25, -0.2) is 4.79 Å². The molecule has 2 rings (SSSR count). The Bertz CT molecular complexity index is 391. The van der Waals surface area contributed by atoms with E-state index in [0.29, 0.717) is 25.4 Å². The van der Waals surface area contributed by atoms with Crippen molar-refractivity contribution in [2.45, 2.75) is 64.3 Å². The molecule has 0 aromatic carbocycles. The third kappa shape index (κ3) is 3.23. The summed E-state index contributed by atoms with van der Waals surface area (Å²) in [5.74, 6) is -0.466. The van der Waals surface area contributed by atoms with Gasteiger partial charge in [0, 0.05) is 13.1 Å². The summed E-state index contributed by atoms with van der Waals surface area (Å²) in [6.07, 6.45) is 7.27. The minimum Gasteiger partial charge on any atom is -0.480 e. The lowest BCUT2D eigenvalue weighted by atomic mass is 9.72. The van der Waals surface area contributed by atoms with E-state index in [1.807, 2.05) is 0 Å². The number of nitrogens with two attached hydrogens (primary N) is 1. The molecule has 21 heavy (non-hydrogen) atoms. The quantitative estimate of drug-likeness (QED) is 0.831. The van der Waals surface area contributed by atoms with Crippen molar-refractivity contribution in [3.05, 3.63) is 0 Å². The van der Waals surface area contributed by atoms with Crippen LogP contribution in [0.3, 0.4) is 0 Å². The van der Waals surface area contributed by atoms with Crippen LogP contribution in [0, 0.1) is 11.3 Å². The summed E-state index contributed by atoms with van der Waals surface area (Å²) in [7, 11) is 0. The predicted octanol–water partition coefficient (Wildman–Crippen LogP) is 2.00. The van der Waals surface area contributed by atoms with Gasteiger partial charge in [0.2, 0.25) is 5.91 Å². The van der Waals surface area contributed by atoms with Crippen LogP contribution in [0.2, 0.25) is 0 Å². The lowest BCUT2D eigenvalue weighted by molar-refractivity contribution is -0.159. The lowest BCUT2D eigenvalue weighted by Gasteiger charge is -2.44. The van der Waals surface area contributed by atoms with E-state index in [9.17, 15) is 14.7 Å². The molecule has 5 heteroatoms. The van der Waals surface area contributed by atoms with Gasteiger partial charge >= 0.3 is 5.97 Å².